The van der Waals surface area contributed by atoms with E-state index in [1.165, 1.54) is 30.7 Å². The van der Waals surface area contributed by atoms with Gasteiger partial charge < -0.3 is 10.4 Å². The van der Waals surface area contributed by atoms with Gasteiger partial charge in [0.05, 0.1) is 6.10 Å². The lowest BCUT2D eigenvalue weighted by molar-refractivity contribution is -0.121. The van der Waals surface area contributed by atoms with Crippen molar-refractivity contribution >= 4 is 27.5 Å². The van der Waals surface area contributed by atoms with Crippen LogP contribution in [0.1, 0.15) is 43.8 Å². The van der Waals surface area contributed by atoms with Crippen molar-refractivity contribution in [2.45, 2.75) is 43.5 Å². The molecule has 2 rings (SSSR count). The molecule has 3 nitrogen and oxygen atoms in total. The van der Waals surface area contributed by atoms with Crippen molar-refractivity contribution in [3.05, 3.63) is 35.6 Å². The van der Waals surface area contributed by atoms with Gasteiger partial charge in [-0.25, -0.2) is 4.39 Å². The van der Waals surface area contributed by atoms with E-state index in [1.807, 2.05) is 21.6 Å². The van der Waals surface area contributed by atoms with Gasteiger partial charge in [0.15, 0.2) is 0 Å². The molecule has 0 radical (unpaired) electrons. The molecule has 1 aromatic carbocycles. The Hall–Kier alpha value is -0.720. The average Bonchev–Trinajstić information content (AvgIpc) is 3.02. The van der Waals surface area contributed by atoms with Gasteiger partial charge in [0, 0.05) is 24.0 Å². The molecule has 1 heterocycles. The van der Waals surface area contributed by atoms with E-state index in [-0.39, 0.29) is 18.3 Å². The van der Waals surface area contributed by atoms with Crippen LogP contribution in [0.4, 0.5) is 4.39 Å². The summed E-state index contributed by atoms with van der Waals surface area (Å²) in [5.74, 6) is 0.808. The first-order valence-electron chi connectivity index (χ1n) is 7.63. The van der Waals surface area contributed by atoms with Gasteiger partial charge in [-0.05, 0) is 37.0 Å². The maximum Gasteiger partial charge on any atom is 0.220 e. The number of hydrogen-bond acceptors (Lipinski definition) is 4. The summed E-state index contributed by atoms with van der Waals surface area (Å²) in [5, 5.41) is 13.4. The minimum atomic E-state index is -0.869. The van der Waals surface area contributed by atoms with Gasteiger partial charge in [-0.2, -0.15) is 0 Å². The maximum absolute atomic E-state index is 13.1. The van der Waals surface area contributed by atoms with E-state index in [1.54, 1.807) is 12.1 Å². The first kappa shape index (κ1) is 17.6. The molecule has 0 aliphatic carbocycles. The summed E-state index contributed by atoms with van der Waals surface area (Å²) in [7, 11) is 3.91. The Bertz CT molecular complexity index is 481. The molecular formula is C16H22FNO2S2. The number of carbonyl (C=O) groups is 1. The Morgan fingerprint density at radius 3 is 3.05 bits per heavy atom. The highest BCUT2D eigenvalue weighted by Gasteiger charge is 2.16. The van der Waals surface area contributed by atoms with Crippen LogP contribution in [0.3, 0.4) is 0 Å². The zero-order valence-corrected chi connectivity index (χ0v) is 14.1. The van der Waals surface area contributed by atoms with Crippen LogP contribution in [0.15, 0.2) is 24.3 Å². The molecule has 1 aliphatic heterocycles. The Balaban J connectivity index is 1.58. The lowest BCUT2D eigenvalue weighted by Gasteiger charge is -2.12. The van der Waals surface area contributed by atoms with E-state index >= 15 is 0 Å². The normalized spacial score (nSPS) is 19.1. The molecule has 2 N–H and O–H groups in total. The Labute approximate surface area is 138 Å². The Morgan fingerprint density at radius 1 is 1.45 bits per heavy atom. The highest BCUT2D eigenvalue weighted by atomic mass is 33.1. The first-order valence-corrected chi connectivity index (χ1v) is 10.0. The number of aliphatic hydroxyl groups excluding tert-OH is 1. The van der Waals surface area contributed by atoms with Gasteiger partial charge in [0.25, 0.3) is 0 Å². The molecule has 2 unspecified atom stereocenters. The summed E-state index contributed by atoms with van der Waals surface area (Å²) >= 11 is 0. The fourth-order valence-corrected chi connectivity index (χ4v) is 5.38. The topological polar surface area (TPSA) is 49.3 Å². The second kappa shape index (κ2) is 9.43. The number of unbranched alkanes of at least 4 members (excludes halogenated alkanes) is 1. The van der Waals surface area contributed by atoms with E-state index < -0.39 is 6.10 Å². The van der Waals surface area contributed by atoms with Crippen LogP contribution < -0.4 is 5.32 Å². The van der Waals surface area contributed by atoms with Crippen molar-refractivity contribution < 1.29 is 14.3 Å². The van der Waals surface area contributed by atoms with E-state index in [0.29, 0.717) is 12.0 Å². The second-order valence-electron chi connectivity index (χ2n) is 5.45. The number of benzene rings is 1. The predicted molar refractivity (Wildman–Crippen MR) is 91.3 cm³/mol. The van der Waals surface area contributed by atoms with Gasteiger partial charge in [0.2, 0.25) is 5.91 Å². The van der Waals surface area contributed by atoms with Crippen LogP contribution in [-0.4, -0.2) is 28.6 Å². The van der Waals surface area contributed by atoms with E-state index in [2.05, 4.69) is 5.32 Å². The van der Waals surface area contributed by atoms with Crippen molar-refractivity contribution in [2.24, 2.45) is 0 Å². The fourth-order valence-electron chi connectivity index (χ4n) is 2.35. The monoisotopic (exact) mass is 343 g/mol. The number of aliphatic hydroxyl groups is 1. The zero-order chi connectivity index (χ0) is 15.8. The van der Waals surface area contributed by atoms with Gasteiger partial charge in [-0.3, -0.25) is 4.79 Å². The van der Waals surface area contributed by atoms with Gasteiger partial charge in [-0.1, -0.05) is 40.1 Å². The van der Waals surface area contributed by atoms with Crippen LogP contribution in [0, 0.1) is 5.82 Å². The third-order valence-electron chi connectivity index (χ3n) is 3.63. The molecule has 1 fully saturated rings. The first-order chi connectivity index (χ1) is 10.6. The highest BCUT2D eigenvalue weighted by Crippen LogP contribution is 2.39. The van der Waals surface area contributed by atoms with Crippen molar-refractivity contribution in [1.82, 2.24) is 5.32 Å². The van der Waals surface area contributed by atoms with Crippen molar-refractivity contribution in [1.29, 1.82) is 0 Å². The standard InChI is InChI=1S/C16H22FNO2S2/c17-13-5-3-4-12(10-13)15(19)11-18-16(20)7-2-1-6-14-8-9-21-22-14/h3-5,10,14-15,19H,1-2,6-9,11H2,(H,18,20). The summed E-state index contributed by atoms with van der Waals surface area (Å²) in [6.07, 6.45) is 4.02. The number of rotatable bonds is 8. The van der Waals surface area contributed by atoms with Crippen LogP contribution in [0.2, 0.25) is 0 Å². The van der Waals surface area contributed by atoms with Gasteiger partial charge in [-0.15, -0.1) is 0 Å². The summed E-state index contributed by atoms with van der Waals surface area (Å²) in [5.41, 5.74) is 0.482. The number of amides is 1. The highest BCUT2D eigenvalue weighted by molar-refractivity contribution is 8.77. The molecule has 0 spiro atoms. The third kappa shape index (κ3) is 6.18. The van der Waals surface area contributed by atoms with Gasteiger partial charge in [0.1, 0.15) is 5.82 Å². The minimum Gasteiger partial charge on any atom is -0.387 e. The van der Waals surface area contributed by atoms with Crippen LogP contribution in [0.25, 0.3) is 0 Å². The van der Waals surface area contributed by atoms with Gasteiger partial charge >= 0.3 is 0 Å². The predicted octanol–water partition coefficient (Wildman–Crippen LogP) is 3.69. The van der Waals surface area contributed by atoms with Crippen molar-refractivity contribution in [3.8, 4) is 0 Å². The fraction of sp³-hybridized carbons (Fsp3) is 0.562. The average molecular weight is 343 g/mol. The summed E-state index contributed by atoms with van der Waals surface area (Å²) in [6, 6.07) is 5.82. The number of carbonyl (C=O) groups excluding carboxylic acids is 1. The van der Waals surface area contributed by atoms with Crippen molar-refractivity contribution in [3.63, 3.8) is 0 Å². The molecule has 1 aliphatic rings. The smallest absolute Gasteiger partial charge is 0.220 e. The molecule has 0 bridgehead atoms. The van der Waals surface area contributed by atoms with E-state index in [4.69, 9.17) is 0 Å². The minimum absolute atomic E-state index is 0.0519. The SMILES string of the molecule is O=C(CCCCC1CCSS1)NCC(O)c1cccc(F)c1. The number of hydrogen-bond donors (Lipinski definition) is 2. The van der Waals surface area contributed by atoms with E-state index in [9.17, 15) is 14.3 Å². The summed E-state index contributed by atoms with van der Waals surface area (Å²) < 4.78 is 13.1. The molecule has 6 heteroatoms. The quantitative estimate of drug-likeness (QED) is 0.558. The molecule has 22 heavy (non-hydrogen) atoms. The molecule has 2 atom stereocenters. The third-order valence-corrected chi connectivity index (χ3v) is 6.64. The van der Waals surface area contributed by atoms with Crippen LogP contribution in [-0.2, 0) is 4.79 Å². The van der Waals surface area contributed by atoms with Crippen LogP contribution in [0.5, 0.6) is 0 Å². The second-order valence-corrected chi connectivity index (χ2v) is 8.24. The number of nitrogens with one attached hydrogen (secondary N) is 1. The van der Waals surface area contributed by atoms with E-state index in [0.717, 1.165) is 18.1 Å². The molecule has 1 amide bonds. The van der Waals surface area contributed by atoms with Crippen LogP contribution >= 0.6 is 21.6 Å². The van der Waals surface area contributed by atoms with Crippen molar-refractivity contribution in [2.75, 3.05) is 12.3 Å². The molecule has 0 aromatic heterocycles. The maximum atomic E-state index is 13.1. The molecule has 122 valence electrons. The molecule has 1 saturated heterocycles. The Morgan fingerprint density at radius 2 is 2.32 bits per heavy atom. The summed E-state index contributed by atoms with van der Waals surface area (Å²) in [4.78, 5) is 11.7. The lowest BCUT2D eigenvalue weighted by Crippen LogP contribution is -2.28. The Kier molecular flexibility index (Phi) is 7.55. The number of halogens is 1. The molecule has 1 aromatic rings. The molecule has 0 saturated carbocycles. The largest absolute Gasteiger partial charge is 0.387 e. The lowest BCUT2D eigenvalue weighted by atomic mass is 10.1. The molecular weight excluding hydrogens is 321 g/mol. The zero-order valence-electron chi connectivity index (χ0n) is 12.5. The summed E-state index contributed by atoms with van der Waals surface area (Å²) in [6.45, 7) is 0.122.